The van der Waals surface area contributed by atoms with Crippen LogP contribution in [0.5, 0.6) is 5.75 Å². The van der Waals surface area contributed by atoms with Crippen LogP contribution in [0.15, 0.2) is 24.3 Å². The number of carbonyl (C=O) groups is 4. The number of rotatable bonds is 8. The van der Waals surface area contributed by atoms with Crippen molar-refractivity contribution >= 4 is 29.5 Å². The van der Waals surface area contributed by atoms with Crippen LogP contribution in [0.1, 0.15) is 27.2 Å². The first-order valence-electron chi connectivity index (χ1n) is 8.62. The van der Waals surface area contributed by atoms with Crippen LogP contribution in [0.25, 0.3) is 0 Å². The van der Waals surface area contributed by atoms with E-state index in [9.17, 15) is 19.2 Å². The maximum absolute atomic E-state index is 12.2. The number of ether oxygens (including phenoxy) is 2. The van der Waals surface area contributed by atoms with Crippen LogP contribution < -0.4 is 15.4 Å². The third-order valence-corrected chi connectivity index (χ3v) is 4.16. The van der Waals surface area contributed by atoms with Gasteiger partial charge in [0.25, 0.3) is 11.8 Å². The van der Waals surface area contributed by atoms with Crippen molar-refractivity contribution in [1.29, 1.82) is 0 Å². The molecule has 1 atom stereocenters. The number of benzene rings is 1. The molecule has 0 spiro atoms. The summed E-state index contributed by atoms with van der Waals surface area (Å²) in [5.41, 5.74) is -0.578. The van der Waals surface area contributed by atoms with Gasteiger partial charge in [-0.2, -0.15) is 0 Å². The molecule has 9 heteroatoms. The Bertz CT molecular complexity index is 750. The number of nitrogens with one attached hydrogen (secondary N) is 2. The summed E-state index contributed by atoms with van der Waals surface area (Å²) in [6.45, 7) is 4.49. The lowest BCUT2D eigenvalue weighted by Gasteiger charge is -2.18. The van der Waals surface area contributed by atoms with Gasteiger partial charge in [-0.25, -0.2) is 4.79 Å². The molecule has 0 bridgehead atoms. The minimum absolute atomic E-state index is 0.394. The summed E-state index contributed by atoms with van der Waals surface area (Å²) in [6, 6.07) is 6.20. The lowest BCUT2D eigenvalue weighted by atomic mass is 9.99. The molecule has 1 aliphatic rings. The first-order valence-corrected chi connectivity index (χ1v) is 8.62. The number of nitrogens with zero attached hydrogens (tertiary/aromatic N) is 1. The highest BCUT2D eigenvalue weighted by Gasteiger charge is 2.47. The molecule has 27 heavy (non-hydrogen) atoms. The maximum atomic E-state index is 12.2. The summed E-state index contributed by atoms with van der Waals surface area (Å²) in [5.74, 6) is -1.42. The largest absolute Gasteiger partial charge is 0.492 e. The molecule has 1 saturated heterocycles. The van der Waals surface area contributed by atoms with E-state index in [-0.39, 0.29) is 0 Å². The molecule has 1 aromatic carbocycles. The standard InChI is InChI=1S/C18H23N3O6/c1-4-18(3)16(24)21(17(25)20-18)10-15(23)27-11-14(22)19-12-8-6-7-9-13(12)26-5-2/h6-9H,4-5,10-11H2,1-3H3,(H,19,22)(H,20,25)/t18-/m0/s1. The summed E-state index contributed by atoms with van der Waals surface area (Å²) >= 11 is 0. The normalized spacial score (nSPS) is 18.9. The highest BCUT2D eigenvalue weighted by molar-refractivity contribution is 6.08. The molecule has 9 nitrogen and oxygen atoms in total. The second-order valence-electron chi connectivity index (χ2n) is 6.15. The van der Waals surface area contributed by atoms with Gasteiger partial charge in [-0.3, -0.25) is 19.3 Å². The SMILES string of the molecule is CCOc1ccccc1NC(=O)COC(=O)CN1C(=O)N[C@@](C)(CC)C1=O. The van der Waals surface area contributed by atoms with E-state index in [2.05, 4.69) is 10.6 Å². The van der Waals surface area contributed by atoms with Crippen molar-refractivity contribution in [3.8, 4) is 5.75 Å². The van der Waals surface area contributed by atoms with Gasteiger partial charge in [0, 0.05) is 0 Å². The van der Waals surface area contributed by atoms with Gasteiger partial charge in [0.2, 0.25) is 0 Å². The van der Waals surface area contributed by atoms with Crippen molar-refractivity contribution in [3.63, 3.8) is 0 Å². The van der Waals surface area contributed by atoms with E-state index in [1.165, 1.54) is 0 Å². The quantitative estimate of drug-likeness (QED) is 0.521. The number of urea groups is 1. The predicted molar refractivity (Wildman–Crippen MR) is 96.1 cm³/mol. The number of anilines is 1. The smallest absolute Gasteiger partial charge is 0.326 e. The topological polar surface area (TPSA) is 114 Å². The average molecular weight is 377 g/mol. The summed E-state index contributed by atoms with van der Waals surface area (Å²) in [4.78, 5) is 48.8. The Morgan fingerprint density at radius 2 is 1.93 bits per heavy atom. The first kappa shape index (κ1) is 20.2. The van der Waals surface area contributed by atoms with Crippen molar-refractivity contribution in [2.24, 2.45) is 0 Å². The Kier molecular flexibility index (Phi) is 6.38. The summed E-state index contributed by atoms with van der Waals surface area (Å²) in [5, 5.41) is 5.12. The molecule has 2 N–H and O–H groups in total. The van der Waals surface area contributed by atoms with E-state index in [1.54, 1.807) is 38.1 Å². The second-order valence-corrected chi connectivity index (χ2v) is 6.15. The van der Waals surface area contributed by atoms with Crippen LogP contribution in [-0.2, 0) is 19.1 Å². The molecular formula is C18H23N3O6. The van der Waals surface area contributed by atoms with Crippen molar-refractivity contribution < 1.29 is 28.7 Å². The number of esters is 1. The number of hydrogen-bond acceptors (Lipinski definition) is 6. The van der Waals surface area contributed by atoms with Gasteiger partial charge in [-0.1, -0.05) is 19.1 Å². The molecule has 1 aromatic rings. The summed E-state index contributed by atoms with van der Waals surface area (Å²) < 4.78 is 10.3. The van der Waals surface area contributed by atoms with E-state index in [4.69, 9.17) is 9.47 Å². The van der Waals surface area contributed by atoms with Crippen LogP contribution in [0.2, 0.25) is 0 Å². The first-order chi connectivity index (χ1) is 12.8. The molecule has 0 radical (unpaired) electrons. The highest BCUT2D eigenvalue weighted by Crippen LogP contribution is 2.23. The van der Waals surface area contributed by atoms with Gasteiger partial charge in [-0.15, -0.1) is 0 Å². The zero-order chi connectivity index (χ0) is 20.0. The van der Waals surface area contributed by atoms with Crippen molar-refractivity contribution in [2.45, 2.75) is 32.7 Å². The fraction of sp³-hybridized carbons (Fsp3) is 0.444. The Morgan fingerprint density at radius 1 is 1.22 bits per heavy atom. The van der Waals surface area contributed by atoms with E-state index < -0.39 is 42.5 Å². The van der Waals surface area contributed by atoms with Gasteiger partial charge in [0.1, 0.15) is 17.8 Å². The zero-order valence-corrected chi connectivity index (χ0v) is 15.5. The van der Waals surface area contributed by atoms with E-state index in [0.29, 0.717) is 24.5 Å². The minimum atomic E-state index is -1.03. The van der Waals surface area contributed by atoms with Crippen LogP contribution >= 0.6 is 0 Å². The van der Waals surface area contributed by atoms with Gasteiger partial charge < -0.3 is 20.1 Å². The van der Waals surface area contributed by atoms with Crippen LogP contribution in [-0.4, -0.2) is 54.0 Å². The van der Waals surface area contributed by atoms with Gasteiger partial charge in [-0.05, 0) is 32.4 Å². The average Bonchev–Trinajstić information content (AvgIpc) is 2.85. The van der Waals surface area contributed by atoms with Crippen LogP contribution in [0, 0.1) is 0 Å². The molecule has 0 saturated carbocycles. The number of imide groups is 1. The Hall–Kier alpha value is -3.10. The molecule has 146 valence electrons. The minimum Gasteiger partial charge on any atom is -0.492 e. The maximum Gasteiger partial charge on any atom is 0.326 e. The Balaban J connectivity index is 1.86. The third kappa shape index (κ3) is 4.75. The number of carbonyl (C=O) groups excluding carboxylic acids is 4. The Labute approximate surface area is 157 Å². The molecular weight excluding hydrogens is 354 g/mol. The van der Waals surface area contributed by atoms with Crippen LogP contribution in [0.3, 0.4) is 0 Å². The van der Waals surface area contributed by atoms with Gasteiger partial charge in [0.05, 0.1) is 12.3 Å². The van der Waals surface area contributed by atoms with Crippen molar-refractivity contribution in [3.05, 3.63) is 24.3 Å². The molecule has 0 aliphatic carbocycles. The number of amides is 4. The molecule has 1 aliphatic heterocycles. The van der Waals surface area contributed by atoms with E-state index >= 15 is 0 Å². The van der Waals surface area contributed by atoms with Crippen molar-refractivity contribution in [2.75, 3.05) is 25.1 Å². The fourth-order valence-electron chi connectivity index (χ4n) is 2.49. The lowest BCUT2D eigenvalue weighted by molar-refractivity contribution is -0.150. The monoisotopic (exact) mass is 377 g/mol. The highest BCUT2D eigenvalue weighted by atomic mass is 16.5. The van der Waals surface area contributed by atoms with Crippen molar-refractivity contribution in [1.82, 2.24) is 10.2 Å². The lowest BCUT2D eigenvalue weighted by Crippen LogP contribution is -2.43. The zero-order valence-electron chi connectivity index (χ0n) is 15.5. The Morgan fingerprint density at radius 3 is 2.56 bits per heavy atom. The van der Waals surface area contributed by atoms with Crippen LogP contribution in [0.4, 0.5) is 10.5 Å². The fourth-order valence-corrected chi connectivity index (χ4v) is 2.49. The van der Waals surface area contributed by atoms with Gasteiger partial charge >= 0.3 is 12.0 Å². The summed E-state index contributed by atoms with van der Waals surface area (Å²) in [6.07, 6.45) is 0.394. The molecule has 4 amide bonds. The summed E-state index contributed by atoms with van der Waals surface area (Å²) in [7, 11) is 0. The molecule has 0 unspecified atom stereocenters. The molecule has 1 fully saturated rings. The molecule has 0 aromatic heterocycles. The van der Waals surface area contributed by atoms with Gasteiger partial charge in [0.15, 0.2) is 6.61 Å². The number of hydrogen-bond donors (Lipinski definition) is 2. The molecule has 2 rings (SSSR count). The second kappa shape index (κ2) is 8.52. The molecule has 1 heterocycles. The van der Waals surface area contributed by atoms with E-state index in [1.807, 2.05) is 6.92 Å². The van der Waals surface area contributed by atoms with E-state index in [0.717, 1.165) is 4.90 Å². The predicted octanol–water partition coefficient (Wildman–Crippen LogP) is 1.29. The third-order valence-electron chi connectivity index (χ3n) is 4.16. The number of para-hydroxylation sites is 2.